The molecule has 0 bridgehead atoms. The highest BCUT2D eigenvalue weighted by atomic mass is 16.2. The summed E-state index contributed by atoms with van der Waals surface area (Å²) in [6, 6.07) is 0.549. The molecule has 0 aromatic heterocycles. The van der Waals surface area contributed by atoms with Gasteiger partial charge in [0, 0.05) is 6.04 Å². The van der Waals surface area contributed by atoms with E-state index in [2.05, 4.69) is 37.9 Å². The number of hydrogen-bond acceptors (Lipinski definition) is 2. The molecule has 4 atom stereocenters. The van der Waals surface area contributed by atoms with Gasteiger partial charge in [-0.1, -0.05) is 27.7 Å². The molecule has 18 heavy (non-hydrogen) atoms. The Morgan fingerprint density at radius 1 is 1.28 bits per heavy atom. The molecule has 3 nitrogen and oxygen atoms in total. The second kappa shape index (κ2) is 5.60. The smallest absolute Gasteiger partial charge is 0.241 e. The molecule has 104 valence electrons. The van der Waals surface area contributed by atoms with E-state index in [1.54, 1.807) is 0 Å². The van der Waals surface area contributed by atoms with Gasteiger partial charge in [0.1, 0.15) is 0 Å². The Morgan fingerprint density at radius 3 is 2.61 bits per heavy atom. The molecule has 1 aliphatic carbocycles. The molecule has 0 spiro atoms. The molecule has 1 aliphatic heterocycles. The number of nitrogens with zero attached hydrogens (tertiary/aromatic N) is 1. The summed E-state index contributed by atoms with van der Waals surface area (Å²) in [6.45, 7) is 9.80. The van der Waals surface area contributed by atoms with Crippen molar-refractivity contribution < 1.29 is 4.79 Å². The van der Waals surface area contributed by atoms with Crippen molar-refractivity contribution in [3.05, 3.63) is 0 Å². The van der Waals surface area contributed by atoms with Crippen LogP contribution in [0.2, 0.25) is 0 Å². The van der Waals surface area contributed by atoms with Crippen LogP contribution in [0, 0.1) is 17.8 Å². The third-order valence-electron chi connectivity index (χ3n) is 4.81. The number of carbonyl (C=O) groups excluding carboxylic acids is 1. The Morgan fingerprint density at radius 2 is 2.00 bits per heavy atom. The zero-order valence-electron chi connectivity index (χ0n) is 12.3. The topological polar surface area (TPSA) is 32.3 Å². The molecule has 1 N–H and O–H groups in total. The van der Waals surface area contributed by atoms with Crippen LogP contribution in [0.5, 0.6) is 0 Å². The lowest BCUT2D eigenvalue weighted by Crippen LogP contribution is -2.42. The Labute approximate surface area is 111 Å². The van der Waals surface area contributed by atoms with Gasteiger partial charge in [-0.25, -0.2) is 0 Å². The first-order valence-corrected chi connectivity index (χ1v) is 7.53. The minimum Gasteiger partial charge on any atom is -0.326 e. The molecule has 0 aromatic carbocycles. The van der Waals surface area contributed by atoms with Crippen LogP contribution in [-0.4, -0.2) is 29.6 Å². The van der Waals surface area contributed by atoms with E-state index in [-0.39, 0.29) is 6.04 Å². The molecule has 2 fully saturated rings. The van der Waals surface area contributed by atoms with Crippen molar-refractivity contribution in [1.29, 1.82) is 0 Å². The summed E-state index contributed by atoms with van der Waals surface area (Å²) < 4.78 is 0. The monoisotopic (exact) mass is 252 g/mol. The molecule has 0 aromatic rings. The molecule has 1 amide bonds. The van der Waals surface area contributed by atoms with Crippen LogP contribution in [0.4, 0.5) is 0 Å². The number of hydrogen-bond donors (Lipinski definition) is 1. The van der Waals surface area contributed by atoms with Gasteiger partial charge in [0.2, 0.25) is 5.91 Å². The maximum Gasteiger partial charge on any atom is 0.241 e. The lowest BCUT2D eigenvalue weighted by Gasteiger charge is -2.37. The van der Waals surface area contributed by atoms with Gasteiger partial charge in [0.05, 0.1) is 12.7 Å². The average molecular weight is 252 g/mol. The summed E-state index contributed by atoms with van der Waals surface area (Å²) >= 11 is 0. The van der Waals surface area contributed by atoms with E-state index in [1.165, 1.54) is 19.3 Å². The van der Waals surface area contributed by atoms with E-state index in [0.717, 1.165) is 24.9 Å². The summed E-state index contributed by atoms with van der Waals surface area (Å²) in [5.41, 5.74) is 0. The van der Waals surface area contributed by atoms with Crippen molar-refractivity contribution in [2.75, 3.05) is 6.67 Å². The molecule has 1 heterocycles. The van der Waals surface area contributed by atoms with Crippen molar-refractivity contribution in [3.63, 3.8) is 0 Å². The van der Waals surface area contributed by atoms with Crippen LogP contribution < -0.4 is 5.32 Å². The number of amides is 1. The van der Waals surface area contributed by atoms with Crippen LogP contribution in [0.15, 0.2) is 0 Å². The van der Waals surface area contributed by atoms with Crippen molar-refractivity contribution in [1.82, 2.24) is 10.2 Å². The van der Waals surface area contributed by atoms with Crippen LogP contribution in [0.3, 0.4) is 0 Å². The fourth-order valence-electron chi connectivity index (χ4n) is 3.34. The SMILES string of the molecule is CC(C)CC1NCN(C2CCC(C)C(C)C2)C1=O. The predicted octanol–water partition coefficient (Wildman–Crippen LogP) is 2.62. The van der Waals surface area contributed by atoms with Gasteiger partial charge in [-0.3, -0.25) is 10.1 Å². The summed E-state index contributed by atoms with van der Waals surface area (Å²) in [5.74, 6) is 2.49. The van der Waals surface area contributed by atoms with Gasteiger partial charge in [-0.2, -0.15) is 0 Å². The van der Waals surface area contributed by atoms with E-state index >= 15 is 0 Å². The Hall–Kier alpha value is -0.570. The standard InChI is InChI=1S/C15H28N2O/c1-10(2)7-14-15(18)17(9-16-14)13-6-5-11(3)12(4)8-13/h10-14,16H,5-9H2,1-4H3. The molecular weight excluding hydrogens is 224 g/mol. The summed E-state index contributed by atoms with van der Waals surface area (Å²) in [7, 11) is 0. The molecule has 4 unspecified atom stereocenters. The molecule has 1 saturated heterocycles. The molecule has 1 saturated carbocycles. The third-order valence-corrected chi connectivity index (χ3v) is 4.81. The van der Waals surface area contributed by atoms with Crippen molar-refractivity contribution >= 4 is 5.91 Å². The molecule has 3 heteroatoms. The fourth-order valence-corrected chi connectivity index (χ4v) is 3.34. The summed E-state index contributed by atoms with van der Waals surface area (Å²) in [5, 5.41) is 3.39. The Balaban J connectivity index is 1.93. The van der Waals surface area contributed by atoms with Crippen LogP contribution in [-0.2, 0) is 4.79 Å². The van der Waals surface area contributed by atoms with Gasteiger partial charge >= 0.3 is 0 Å². The highest BCUT2D eigenvalue weighted by Gasteiger charge is 2.38. The van der Waals surface area contributed by atoms with Gasteiger partial charge < -0.3 is 4.90 Å². The van der Waals surface area contributed by atoms with E-state index in [0.29, 0.717) is 17.9 Å². The third kappa shape index (κ3) is 2.87. The maximum absolute atomic E-state index is 12.4. The number of rotatable bonds is 3. The molecule has 2 aliphatic rings. The van der Waals surface area contributed by atoms with Crippen LogP contribution in [0.25, 0.3) is 0 Å². The minimum atomic E-state index is 0.0691. The number of carbonyl (C=O) groups is 1. The first kappa shape index (κ1) is 13.9. The average Bonchev–Trinajstić information content (AvgIpc) is 2.64. The summed E-state index contributed by atoms with van der Waals surface area (Å²) in [6.07, 6.45) is 4.61. The second-order valence-electron chi connectivity index (χ2n) is 6.77. The van der Waals surface area contributed by atoms with Gasteiger partial charge in [-0.05, 0) is 43.4 Å². The second-order valence-corrected chi connectivity index (χ2v) is 6.77. The van der Waals surface area contributed by atoms with Crippen LogP contribution >= 0.6 is 0 Å². The summed E-state index contributed by atoms with van der Waals surface area (Å²) in [4.78, 5) is 14.5. The van der Waals surface area contributed by atoms with Crippen molar-refractivity contribution in [2.45, 2.75) is 65.5 Å². The van der Waals surface area contributed by atoms with Crippen LogP contribution in [0.1, 0.15) is 53.4 Å². The Kier molecular flexibility index (Phi) is 4.31. The molecule has 0 radical (unpaired) electrons. The highest BCUT2D eigenvalue weighted by molar-refractivity contribution is 5.84. The normalized spacial score (nSPS) is 37.6. The maximum atomic E-state index is 12.4. The zero-order valence-corrected chi connectivity index (χ0v) is 12.3. The lowest BCUT2D eigenvalue weighted by atomic mass is 9.78. The Bertz CT molecular complexity index is 303. The number of nitrogens with one attached hydrogen (secondary N) is 1. The first-order valence-electron chi connectivity index (χ1n) is 7.53. The van der Waals surface area contributed by atoms with Crippen molar-refractivity contribution in [2.24, 2.45) is 17.8 Å². The van der Waals surface area contributed by atoms with Gasteiger partial charge in [0.15, 0.2) is 0 Å². The van der Waals surface area contributed by atoms with Gasteiger partial charge in [0.25, 0.3) is 0 Å². The largest absolute Gasteiger partial charge is 0.326 e. The highest BCUT2D eigenvalue weighted by Crippen LogP contribution is 2.33. The lowest BCUT2D eigenvalue weighted by molar-refractivity contribution is -0.132. The van der Waals surface area contributed by atoms with E-state index in [4.69, 9.17) is 0 Å². The molecular formula is C15H28N2O. The van der Waals surface area contributed by atoms with Crippen molar-refractivity contribution in [3.8, 4) is 0 Å². The zero-order chi connectivity index (χ0) is 13.3. The fraction of sp³-hybridized carbons (Fsp3) is 0.933. The predicted molar refractivity (Wildman–Crippen MR) is 74.1 cm³/mol. The van der Waals surface area contributed by atoms with E-state index in [9.17, 15) is 4.79 Å². The van der Waals surface area contributed by atoms with Gasteiger partial charge in [-0.15, -0.1) is 0 Å². The van der Waals surface area contributed by atoms with E-state index in [1.807, 2.05) is 0 Å². The molecule has 2 rings (SSSR count). The first-order chi connectivity index (χ1) is 8.49. The minimum absolute atomic E-state index is 0.0691. The quantitative estimate of drug-likeness (QED) is 0.837. The van der Waals surface area contributed by atoms with E-state index < -0.39 is 0 Å².